The number of halogens is 5. The summed E-state index contributed by atoms with van der Waals surface area (Å²) < 4.78 is 68.9. The predicted octanol–water partition coefficient (Wildman–Crippen LogP) is 2.93. The molecular weight excluding hydrogens is 503 g/mol. The van der Waals surface area contributed by atoms with Crippen LogP contribution in [0.15, 0.2) is 12.3 Å². The maximum absolute atomic E-state index is 13.6. The summed E-state index contributed by atoms with van der Waals surface area (Å²) in [5, 5.41) is 16.5. The van der Waals surface area contributed by atoms with E-state index in [2.05, 4.69) is 15.4 Å². The van der Waals surface area contributed by atoms with Crippen LogP contribution in [0.4, 0.5) is 27.6 Å². The van der Waals surface area contributed by atoms with Crippen LogP contribution in [0.25, 0.3) is 5.65 Å². The Balaban J connectivity index is 1.69. The van der Waals surface area contributed by atoms with Gasteiger partial charge in [0.15, 0.2) is 11.1 Å². The van der Waals surface area contributed by atoms with E-state index < -0.39 is 60.7 Å². The summed E-state index contributed by atoms with van der Waals surface area (Å²) in [6, 6.07) is 0.941. The third-order valence-corrected chi connectivity index (χ3v) is 7.50. The van der Waals surface area contributed by atoms with Gasteiger partial charge in [-0.05, 0) is 25.2 Å². The Hall–Kier alpha value is -3.03. The molecule has 0 spiro atoms. The normalized spacial score (nSPS) is 25.6. The molecule has 3 heterocycles. The van der Waals surface area contributed by atoms with Crippen LogP contribution >= 0.6 is 0 Å². The highest BCUT2D eigenvalue weighted by molar-refractivity contribution is 6.03. The molecule has 204 valence electrons. The van der Waals surface area contributed by atoms with Gasteiger partial charge in [0.1, 0.15) is 0 Å². The first-order valence-corrected chi connectivity index (χ1v) is 11.9. The number of anilines is 1. The molecule has 4 rings (SSSR count). The zero-order valence-corrected chi connectivity index (χ0v) is 20.4. The lowest BCUT2D eigenvalue weighted by molar-refractivity contribution is -0.194. The van der Waals surface area contributed by atoms with Crippen molar-refractivity contribution >= 4 is 23.2 Å². The van der Waals surface area contributed by atoms with Gasteiger partial charge in [0.2, 0.25) is 11.8 Å². The van der Waals surface area contributed by atoms with Gasteiger partial charge in [0.05, 0.1) is 35.2 Å². The van der Waals surface area contributed by atoms with E-state index in [1.165, 1.54) is 10.7 Å². The smallest absolute Gasteiger partial charge is 0.393 e. The zero-order chi connectivity index (χ0) is 27.3. The fourth-order valence-corrected chi connectivity index (χ4v) is 5.21. The summed E-state index contributed by atoms with van der Waals surface area (Å²) >= 11 is 0. The first-order chi connectivity index (χ1) is 17.1. The van der Waals surface area contributed by atoms with Crippen molar-refractivity contribution in [1.29, 1.82) is 0 Å². The molecule has 9 nitrogen and oxygen atoms in total. The van der Waals surface area contributed by atoms with Crippen LogP contribution in [0.2, 0.25) is 0 Å². The van der Waals surface area contributed by atoms with Gasteiger partial charge in [-0.3, -0.25) is 9.59 Å². The number of imidazole rings is 1. The average Bonchev–Trinajstić information content (AvgIpc) is 3.21. The minimum absolute atomic E-state index is 0.0905. The number of hydrogen-bond donors (Lipinski definition) is 3. The number of aliphatic carboxylic acids is 1. The first-order valence-electron chi connectivity index (χ1n) is 11.9. The molecule has 4 N–H and O–H groups in total. The Morgan fingerprint density at radius 1 is 1.32 bits per heavy atom. The summed E-state index contributed by atoms with van der Waals surface area (Å²) in [4.78, 5) is 31.0. The summed E-state index contributed by atoms with van der Waals surface area (Å²) in [5.74, 6) is -7.61. The highest BCUT2D eigenvalue weighted by Gasteiger charge is 2.56. The molecule has 1 amide bonds. The van der Waals surface area contributed by atoms with Crippen LogP contribution in [0.5, 0.6) is 0 Å². The Bertz CT molecular complexity index is 1190. The minimum Gasteiger partial charge on any atom is -0.480 e. The van der Waals surface area contributed by atoms with E-state index in [0.717, 1.165) is 0 Å². The van der Waals surface area contributed by atoms with Gasteiger partial charge in [0, 0.05) is 46.0 Å². The molecule has 2 aromatic heterocycles. The molecule has 3 atom stereocenters. The van der Waals surface area contributed by atoms with Gasteiger partial charge in [-0.1, -0.05) is 0 Å². The van der Waals surface area contributed by atoms with E-state index in [9.17, 15) is 36.6 Å². The third kappa shape index (κ3) is 5.20. The molecule has 0 bridgehead atoms. The number of piperidine rings is 1. The highest BCUT2D eigenvalue weighted by Crippen LogP contribution is 2.43. The lowest BCUT2D eigenvalue weighted by atomic mass is 9.72. The number of alkyl halides is 5. The van der Waals surface area contributed by atoms with Crippen molar-refractivity contribution in [2.24, 2.45) is 23.0 Å². The van der Waals surface area contributed by atoms with E-state index in [1.807, 2.05) is 0 Å². The van der Waals surface area contributed by atoms with Crippen LogP contribution < -0.4 is 16.0 Å². The quantitative estimate of drug-likeness (QED) is 0.386. The van der Waals surface area contributed by atoms with E-state index in [4.69, 9.17) is 5.73 Å². The van der Waals surface area contributed by atoms with Gasteiger partial charge in [-0.2, -0.15) is 18.3 Å². The number of hydrogen-bond acceptors (Lipinski definition) is 6. The lowest BCUT2D eigenvalue weighted by Gasteiger charge is -2.37. The summed E-state index contributed by atoms with van der Waals surface area (Å²) in [6.45, 7) is -0.694. The number of carbonyl (C=O) groups excluding carboxylic acids is 1. The van der Waals surface area contributed by atoms with E-state index in [1.54, 1.807) is 25.1 Å². The number of aromatic nitrogens is 3. The first kappa shape index (κ1) is 27.0. The van der Waals surface area contributed by atoms with Crippen molar-refractivity contribution in [2.75, 3.05) is 25.5 Å². The molecule has 0 radical (unpaired) electrons. The molecule has 1 aliphatic carbocycles. The monoisotopic (exact) mass is 532 g/mol. The van der Waals surface area contributed by atoms with Gasteiger partial charge < -0.3 is 21.1 Å². The van der Waals surface area contributed by atoms with E-state index >= 15 is 0 Å². The molecule has 14 heteroatoms. The van der Waals surface area contributed by atoms with Gasteiger partial charge in [0.25, 0.3) is 0 Å². The van der Waals surface area contributed by atoms with Crippen molar-refractivity contribution < 1.29 is 36.6 Å². The molecule has 2 unspecified atom stereocenters. The fraction of sp³-hybridized carbons (Fsp3) is 0.652. The summed E-state index contributed by atoms with van der Waals surface area (Å²) in [5.41, 5.74) is 5.18. The predicted molar refractivity (Wildman–Crippen MR) is 122 cm³/mol. The molecule has 2 fully saturated rings. The Labute approximate surface area is 209 Å². The Morgan fingerprint density at radius 3 is 2.54 bits per heavy atom. The molecule has 1 saturated carbocycles. The van der Waals surface area contributed by atoms with Crippen LogP contribution in [-0.4, -0.2) is 64.3 Å². The number of rotatable bonds is 6. The minimum atomic E-state index is -4.69. The summed E-state index contributed by atoms with van der Waals surface area (Å²) in [7, 11) is 3.28. The van der Waals surface area contributed by atoms with Crippen LogP contribution in [0.3, 0.4) is 0 Å². The standard InChI is InChI=1S/C23H29F5N6O3/c1-33(2)16-7-17-31-15(18(29)12-3-5-22(24,25)6-4-12)11-34(17)32-14(16)9-21(20(36)37)8-13(23(26,27)28)10-30-19(21)35/h7,11-13,18H,3-6,8-10,29H2,1-2H3,(H,30,35)(H,36,37)/t13-,18?,21?/m1/s1. The van der Waals surface area contributed by atoms with Gasteiger partial charge in [-0.15, -0.1) is 0 Å². The zero-order valence-electron chi connectivity index (χ0n) is 20.4. The van der Waals surface area contributed by atoms with Crippen LogP contribution in [0.1, 0.15) is 49.5 Å². The molecule has 2 aliphatic rings. The fourth-order valence-electron chi connectivity index (χ4n) is 5.21. The number of amides is 1. The van der Waals surface area contributed by atoms with E-state index in [0.29, 0.717) is 17.0 Å². The van der Waals surface area contributed by atoms with Gasteiger partial charge >= 0.3 is 12.1 Å². The molecule has 2 aromatic rings. The Kier molecular flexibility index (Phi) is 6.84. The number of fused-ring (bicyclic) bond motifs is 1. The van der Waals surface area contributed by atoms with Crippen molar-refractivity contribution in [3.63, 3.8) is 0 Å². The number of carboxylic acid groups (broad SMARTS) is 1. The van der Waals surface area contributed by atoms with Crippen molar-refractivity contribution in [3.05, 3.63) is 23.7 Å². The van der Waals surface area contributed by atoms with Crippen LogP contribution in [0, 0.1) is 17.3 Å². The number of nitrogens with zero attached hydrogens (tertiary/aromatic N) is 4. The average molecular weight is 533 g/mol. The second-order valence-corrected chi connectivity index (χ2v) is 10.3. The van der Waals surface area contributed by atoms with Crippen molar-refractivity contribution in [1.82, 2.24) is 19.9 Å². The maximum atomic E-state index is 13.6. The number of nitrogens with two attached hydrogens (primary N) is 1. The lowest BCUT2D eigenvalue weighted by Crippen LogP contribution is -2.57. The van der Waals surface area contributed by atoms with Gasteiger partial charge in [-0.25, -0.2) is 18.3 Å². The second-order valence-electron chi connectivity index (χ2n) is 10.3. The second kappa shape index (κ2) is 9.37. The maximum Gasteiger partial charge on any atom is 0.393 e. The SMILES string of the molecule is CN(C)c1cc2nc(C(N)C3CCC(F)(F)CC3)cn2nc1CC1(C(=O)O)C[C@@H](C(F)(F)F)CNC1=O. The van der Waals surface area contributed by atoms with Crippen molar-refractivity contribution in [3.8, 4) is 0 Å². The van der Waals surface area contributed by atoms with E-state index in [-0.39, 0.29) is 37.3 Å². The molecule has 1 saturated heterocycles. The van der Waals surface area contributed by atoms with Crippen LogP contribution in [-0.2, 0) is 16.0 Å². The molecule has 1 aliphatic heterocycles. The summed E-state index contributed by atoms with van der Waals surface area (Å²) in [6.07, 6.45) is -4.73. The molecular formula is C23H29F5N6O3. The van der Waals surface area contributed by atoms with Crippen molar-refractivity contribution in [2.45, 2.75) is 56.7 Å². The third-order valence-electron chi connectivity index (χ3n) is 7.50. The number of carbonyl (C=O) groups is 2. The molecule has 0 aromatic carbocycles. The molecule has 37 heavy (non-hydrogen) atoms. The number of nitrogens with one attached hydrogen (secondary N) is 1. The largest absolute Gasteiger partial charge is 0.480 e. The Morgan fingerprint density at radius 2 is 1.97 bits per heavy atom. The topological polar surface area (TPSA) is 126 Å². The number of carboxylic acids is 1. The highest BCUT2D eigenvalue weighted by atomic mass is 19.4.